The summed E-state index contributed by atoms with van der Waals surface area (Å²) >= 11 is 3.22. The molecule has 0 amide bonds. The predicted molar refractivity (Wildman–Crippen MR) is 80.6 cm³/mol. The van der Waals surface area contributed by atoms with Crippen molar-refractivity contribution in [2.75, 3.05) is 0 Å². The molecule has 0 aromatic carbocycles. The van der Waals surface area contributed by atoms with Crippen molar-refractivity contribution in [2.45, 2.75) is 78.9 Å². The molecule has 0 bridgehead atoms. The maximum Gasteiger partial charge on any atom is 0.130 e. The van der Waals surface area contributed by atoms with Crippen LogP contribution in [-0.2, 0) is 0 Å². The first kappa shape index (κ1) is 17.5. The lowest BCUT2D eigenvalue weighted by Crippen LogP contribution is -2.29. The van der Waals surface area contributed by atoms with Gasteiger partial charge in [-0.15, -0.1) is 0 Å². The van der Waals surface area contributed by atoms with Crippen molar-refractivity contribution in [3.05, 3.63) is 0 Å². The van der Waals surface area contributed by atoms with Crippen molar-refractivity contribution in [3.63, 3.8) is 0 Å². The topological polar surface area (TPSA) is 0 Å². The Morgan fingerprint density at radius 1 is 0.765 bits per heavy atom. The predicted octanol–water partition coefficient (Wildman–Crippen LogP) is 5.48. The minimum absolute atomic E-state index is 0.426. The van der Waals surface area contributed by atoms with Gasteiger partial charge in [-0.1, -0.05) is 78.4 Å². The molecule has 2 radical (unpaired) electrons. The van der Waals surface area contributed by atoms with Crippen molar-refractivity contribution in [1.82, 2.24) is 0 Å². The Labute approximate surface area is 118 Å². The average Bonchev–Trinajstić information content (AvgIpc) is 1.96. The molecule has 0 rings (SSSR count). The molecule has 1 unspecified atom stereocenters. The molecule has 17 heavy (non-hydrogen) atoms. The van der Waals surface area contributed by atoms with E-state index >= 15 is 0 Å². The van der Waals surface area contributed by atoms with Crippen LogP contribution in [0.3, 0.4) is 0 Å². The van der Waals surface area contributed by atoms with Crippen LogP contribution >= 0.6 is 0 Å². The Hall–Kier alpha value is 0.532. The highest BCUT2D eigenvalue weighted by atomic mass is 27.0. The van der Waals surface area contributed by atoms with Gasteiger partial charge in [-0.25, -0.2) is 0 Å². The van der Waals surface area contributed by atoms with E-state index in [0.29, 0.717) is 9.69 Å². The maximum atomic E-state index is 3.22. The quantitative estimate of drug-likeness (QED) is 0.549. The highest BCUT2D eigenvalue weighted by Crippen LogP contribution is 2.48. The van der Waals surface area contributed by atoms with Crippen LogP contribution in [-0.4, -0.2) is 16.3 Å². The van der Waals surface area contributed by atoms with E-state index < -0.39 is 0 Å². The molecule has 0 aromatic rings. The van der Waals surface area contributed by atoms with Crippen LogP contribution in [0.15, 0.2) is 0 Å². The molecule has 0 aliphatic heterocycles. The molecule has 1 atom stereocenters. The Bertz CT molecular complexity index is 200. The maximum absolute atomic E-state index is 3.22. The first-order valence-corrected chi connectivity index (χ1v) is 7.83. The van der Waals surface area contributed by atoms with Gasteiger partial charge in [0.15, 0.2) is 0 Å². The molecule has 0 fully saturated rings. The molecule has 0 N–H and O–H groups in total. The van der Waals surface area contributed by atoms with E-state index in [1.165, 1.54) is 19.3 Å². The van der Waals surface area contributed by atoms with Gasteiger partial charge in [0.25, 0.3) is 0 Å². The van der Waals surface area contributed by atoms with Crippen molar-refractivity contribution >= 4 is 16.3 Å². The van der Waals surface area contributed by atoms with Crippen LogP contribution in [0.5, 0.6) is 0 Å². The highest BCUT2D eigenvalue weighted by Gasteiger charge is 2.33. The van der Waals surface area contributed by atoms with Gasteiger partial charge < -0.3 is 0 Å². The Balaban J connectivity index is 4.77. The number of hydrogen-bond donors (Lipinski definition) is 0. The van der Waals surface area contributed by atoms with Gasteiger partial charge in [-0.05, 0) is 23.7 Å². The van der Waals surface area contributed by atoms with Crippen LogP contribution in [0.1, 0.15) is 74.7 Å². The lowest BCUT2D eigenvalue weighted by molar-refractivity contribution is 0.205. The smallest absolute Gasteiger partial charge is 0.0937 e. The second-order valence-electron chi connectivity index (χ2n) is 8.09. The third-order valence-corrected chi connectivity index (χ3v) is 4.52. The molecular formula is C16H33Al. The van der Waals surface area contributed by atoms with Crippen molar-refractivity contribution in [3.8, 4) is 0 Å². The van der Waals surface area contributed by atoms with Crippen molar-refractivity contribution in [1.29, 1.82) is 0 Å². The molecule has 0 spiro atoms. The van der Waals surface area contributed by atoms with E-state index in [2.05, 4.69) is 71.7 Å². The fourth-order valence-electron chi connectivity index (χ4n) is 3.13. The molecule has 0 aromatic heterocycles. The summed E-state index contributed by atoms with van der Waals surface area (Å²) in [5.74, 6) is 2.35. The summed E-state index contributed by atoms with van der Waals surface area (Å²) in [4.78, 5) is 0. The zero-order valence-corrected chi connectivity index (χ0v) is 14.6. The largest absolute Gasteiger partial charge is 0.130 e. The number of hydrogen-bond acceptors (Lipinski definition) is 0. The lowest BCUT2D eigenvalue weighted by atomic mass is 9.73. The molecule has 0 aliphatic carbocycles. The van der Waals surface area contributed by atoms with Crippen molar-refractivity contribution in [2.24, 2.45) is 23.2 Å². The summed E-state index contributed by atoms with van der Waals surface area (Å²) in [7, 11) is 0. The molecule has 100 valence electrons. The summed E-state index contributed by atoms with van der Waals surface area (Å²) in [5, 5.41) is 0. The van der Waals surface area contributed by atoms with E-state index in [1.54, 1.807) is 0 Å². The van der Waals surface area contributed by atoms with E-state index in [0.717, 1.165) is 17.8 Å². The second-order valence-corrected chi connectivity index (χ2v) is 9.24. The highest BCUT2D eigenvalue weighted by molar-refractivity contribution is 6.15. The molecule has 0 nitrogen and oxygen atoms in total. The summed E-state index contributed by atoms with van der Waals surface area (Å²) in [6.07, 6.45) is 3.97. The van der Waals surface area contributed by atoms with Crippen LogP contribution in [0.25, 0.3) is 0 Å². The zero-order valence-electron chi connectivity index (χ0n) is 13.4. The summed E-state index contributed by atoms with van der Waals surface area (Å²) in [5.41, 5.74) is 0.440. The molecule has 1 heteroatoms. The van der Waals surface area contributed by atoms with Gasteiger partial charge in [-0.2, -0.15) is 0 Å². The van der Waals surface area contributed by atoms with Crippen LogP contribution < -0.4 is 0 Å². The second kappa shape index (κ2) is 6.63. The van der Waals surface area contributed by atoms with Crippen LogP contribution in [0.2, 0.25) is 4.28 Å². The Morgan fingerprint density at radius 2 is 1.12 bits per heavy atom. The molecule has 0 aliphatic rings. The minimum Gasteiger partial charge on any atom is -0.0937 e. The SMILES string of the molecule is CC(C)C[C]([Al])(CC(C)C)C(C)CC(C)(C)C. The van der Waals surface area contributed by atoms with Crippen LogP contribution in [0.4, 0.5) is 0 Å². The standard InChI is InChI=1S/C16H33.Al/c1-12(2)9-15(10-13(3)4)14(5)11-16(6,7)8;/h12-14H,9-11H2,1-8H3;. The first-order valence-electron chi connectivity index (χ1n) is 7.25. The van der Waals surface area contributed by atoms with Gasteiger partial charge in [0.2, 0.25) is 0 Å². The van der Waals surface area contributed by atoms with Gasteiger partial charge in [0.05, 0.1) is 0 Å². The first-order chi connectivity index (χ1) is 7.46. The third-order valence-electron chi connectivity index (χ3n) is 3.48. The Kier molecular flexibility index (Phi) is 6.83. The van der Waals surface area contributed by atoms with Gasteiger partial charge in [0, 0.05) is 0 Å². The van der Waals surface area contributed by atoms with E-state index in [4.69, 9.17) is 0 Å². The minimum atomic E-state index is 0.426. The van der Waals surface area contributed by atoms with E-state index in [-0.39, 0.29) is 0 Å². The fourth-order valence-corrected chi connectivity index (χ4v) is 4.19. The van der Waals surface area contributed by atoms with Gasteiger partial charge >= 0.3 is 0 Å². The number of rotatable bonds is 6. The Morgan fingerprint density at radius 3 is 1.35 bits per heavy atom. The lowest BCUT2D eigenvalue weighted by Gasteiger charge is -2.43. The molecule has 0 heterocycles. The monoisotopic (exact) mass is 252 g/mol. The summed E-state index contributed by atoms with van der Waals surface area (Å²) in [6.45, 7) is 18.9. The zero-order chi connectivity index (χ0) is 13.9. The molecular weight excluding hydrogens is 219 g/mol. The van der Waals surface area contributed by atoms with Gasteiger partial charge in [-0.3, -0.25) is 0 Å². The van der Waals surface area contributed by atoms with Gasteiger partial charge in [0.1, 0.15) is 16.3 Å². The summed E-state index contributed by atoms with van der Waals surface area (Å²) in [6, 6.07) is 0. The van der Waals surface area contributed by atoms with E-state index in [9.17, 15) is 0 Å². The molecule has 0 saturated heterocycles. The van der Waals surface area contributed by atoms with E-state index in [1.807, 2.05) is 0 Å². The fraction of sp³-hybridized carbons (Fsp3) is 1.00. The van der Waals surface area contributed by atoms with Crippen LogP contribution in [0, 0.1) is 23.2 Å². The summed E-state index contributed by atoms with van der Waals surface area (Å²) < 4.78 is 0.426. The third kappa shape index (κ3) is 7.53. The van der Waals surface area contributed by atoms with Crippen molar-refractivity contribution < 1.29 is 0 Å². The normalized spacial score (nSPS) is 15.6. The molecule has 0 saturated carbocycles. The average molecular weight is 252 g/mol.